The molecule has 0 saturated carbocycles. The van der Waals surface area contributed by atoms with E-state index >= 15 is 0 Å². The normalized spacial score (nSPS) is 13.4. The molecule has 0 N–H and O–H groups in total. The Hall–Kier alpha value is -1.44. The van der Waals surface area contributed by atoms with Gasteiger partial charge in [0.05, 0.1) is 0 Å². The average molecular weight is 328 g/mol. The molecule has 0 aliphatic carbocycles. The molecule has 0 spiro atoms. The number of hydrogen-bond acceptors (Lipinski definition) is 0. The molecule has 1 aliphatic heterocycles. The molecule has 3 aromatic carbocycles. The van der Waals surface area contributed by atoms with Crippen molar-refractivity contribution < 1.29 is 0 Å². The van der Waals surface area contributed by atoms with Crippen LogP contribution in [0.2, 0.25) is 0 Å². The van der Waals surface area contributed by atoms with Gasteiger partial charge in [-0.1, -0.05) is 46.1 Å². The van der Waals surface area contributed by atoms with E-state index in [1.807, 2.05) is 0 Å². The number of hydrogen-bond donors (Lipinski definition) is 0. The second-order valence-electron chi connectivity index (χ2n) is 4.24. The highest BCUT2D eigenvalue weighted by Crippen LogP contribution is 2.28. The third-order valence-electron chi connectivity index (χ3n) is 3.29. The van der Waals surface area contributed by atoms with Crippen LogP contribution in [0.3, 0.4) is 0 Å². The molecule has 0 saturated heterocycles. The zero-order chi connectivity index (χ0) is 11.2. The topological polar surface area (TPSA) is 0 Å². The minimum absolute atomic E-state index is 0.0538. The van der Waals surface area contributed by atoms with E-state index in [9.17, 15) is 0 Å². The van der Waals surface area contributed by atoms with Crippen LogP contribution in [0.4, 0.5) is 0 Å². The van der Waals surface area contributed by atoms with Crippen LogP contribution in [-0.2, 0) is 0 Å². The van der Waals surface area contributed by atoms with Crippen molar-refractivity contribution in [3.05, 3.63) is 53.2 Å². The molecule has 1 heteroatoms. The molecular weight excluding hydrogens is 319 g/mol. The molecule has 0 amide bonds. The molecule has 0 atom stereocenters. The Morgan fingerprint density at radius 3 is 2.53 bits per heavy atom. The summed E-state index contributed by atoms with van der Waals surface area (Å²) in [4.78, 5) is 0. The van der Waals surface area contributed by atoms with Gasteiger partial charge < -0.3 is 0 Å². The molecule has 0 aromatic heterocycles. The van der Waals surface area contributed by atoms with Crippen LogP contribution in [0.1, 0.15) is 5.56 Å². The molecule has 0 radical (unpaired) electrons. The first-order valence-electron chi connectivity index (χ1n) is 5.59. The molecule has 4 rings (SSSR count). The SMILES string of the molecule is C1=Cc2ccc3cccc4ccc(c2c34)=CI=1. The van der Waals surface area contributed by atoms with Gasteiger partial charge in [-0.3, -0.25) is 0 Å². The maximum absolute atomic E-state index is 3.43. The van der Waals surface area contributed by atoms with Crippen LogP contribution in [0, 0.1) is 0 Å². The van der Waals surface area contributed by atoms with Crippen LogP contribution in [0.25, 0.3) is 31.7 Å². The van der Waals surface area contributed by atoms with Crippen LogP contribution < -0.4 is 5.22 Å². The number of halogens is 1. The maximum Gasteiger partial charge on any atom is -0.00158 e. The Bertz CT molecular complexity index is 850. The summed E-state index contributed by atoms with van der Waals surface area (Å²) < 4.78 is 5.80. The summed E-state index contributed by atoms with van der Waals surface area (Å²) in [5.41, 5.74) is 1.32. The van der Waals surface area contributed by atoms with Crippen molar-refractivity contribution in [2.24, 2.45) is 0 Å². The van der Waals surface area contributed by atoms with Gasteiger partial charge in [0.25, 0.3) is 0 Å². The van der Waals surface area contributed by atoms with Crippen LogP contribution >= 0.6 is 20.7 Å². The lowest BCUT2D eigenvalue weighted by molar-refractivity contribution is 1.69. The predicted octanol–water partition coefficient (Wildman–Crippen LogP) is 3.85. The highest BCUT2D eigenvalue weighted by Gasteiger charge is 2.06. The van der Waals surface area contributed by atoms with E-state index in [4.69, 9.17) is 0 Å². The van der Waals surface area contributed by atoms with E-state index < -0.39 is 0 Å². The van der Waals surface area contributed by atoms with Gasteiger partial charge in [0, 0.05) is 0 Å². The summed E-state index contributed by atoms with van der Waals surface area (Å²) in [5, 5.41) is 6.88. The minimum Gasteiger partial charge on any atom is -0.0818 e. The summed E-state index contributed by atoms with van der Waals surface area (Å²) in [6, 6.07) is 15.5. The van der Waals surface area contributed by atoms with Crippen molar-refractivity contribution in [3.8, 4) is 0 Å². The lowest BCUT2D eigenvalue weighted by atomic mass is 9.96. The van der Waals surface area contributed by atoms with E-state index in [1.54, 1.807) is 0 Å². The fourth-order valence-corrected chi connectivity index (χ4v) is 4.08. The highest BCUT2D eigenvalue weighted by molar-refractivity contribution is 14.2. The predicted molar refractivity (Wildman–Crippen MR) is 84.6 cm³/mol. The molecule has 80 valence electrons. The summed E-state index contributed by atoms with van der Waals surface area (Å²) in [5.74, 6) is 0. The number of benzene rings is 3. The van der Waals surface area contributed by atoms with Crippen molar-refractivity contribution in [2.45, 2.75) is 0 Å². The molecule has 1 heterocycles. The fourth-order valence-electron chi connectivity index (χ4n) is 2.53. The monoisotopic (exact) mass is 328 g/mol. The lowest BCUT2D eigenvalue weighted by Gasteiger charge is -2.08. The Morgan fingerprint density at radius 1 is 0.824 bits per heavy atom. The minimum atomic E-state index is -0.0538. The average Bonchev–Trinajstić information content (AvgIpc) is 2.59. The molecule has 0 unspecified atom stereocenters. The molecule has 1 aliphatic rings. The first-order valence-corrected chi connectivity index (χ1v) is 7.91. The number of rotatable bonds is 0. The van der Waals surface area contributed by atoms with Crippen molar-refractivity contribution in [3.63, 3.8) is 0 Å². The molecule has 17 heavy (non-hydrogen) atoms. The quantitative estimate of drug-likeness (QED) is 0.550. The summed E-state index contributed by atoms with van der Waals surface area (Å²) in [6.45, 7) is 0. The third-order valence-corrected chi connectivity index (χ3v) is 4.94. The van der Waals surface area contributed by atoms with Crippen molar-refractivity contribution in [1.82, 2.24) is 0 Å². The van der Waals surface area contributed by atoms with Gasteiger partial charge in [-0.15, -0.1) is 0 Å². The third kappa shape index (κ3) is 1.33. The summed E-state index contributed by atoms with van der Waals surface area (Å²) in [6.07, 6.45) is 2.17. The van der Waals surface area contributed by atoms with Crippen molar-refractivity contribution in [2.75, 3.05) is 0 Å². The smallest absolute Gasteiger partial charge is 0.00158 e. The Morgan fingerprint density at radius 2 is 1.65 bits per heavy atom. The van der Waals surface area contributed by atoms with E-state index in [-0.39, 0.29) is 20.7 Å². The van der Waals surface area contributed by atoms with Crippen molar-refractivity contribution >= 4 is 56.1 Å². The zero-order valence-electron chi connectivity index (χ0n) is 9.07. The Labute approximate surface area is 109 Å². The molecule has 3 aromatic rings. The van der Waals surface area contributed by atoms with Crippen LogP contribution in [-0.4, -0.2) is 3.67 Å². The Kier molecular flexibility index (Phi) is 1.99. The van der Waals surface area contributed by atoms with Gasteiger partial charge in [0.15, 0.2) is 0 Å². The van der Waals surface area contributed by atoms with Gasteiger partial charge in [-0.25, -0.2) is 0 Å². The van der Waals surface area contributed by atoms with Gasteiger partial charge in [0.2, 0.25) is 0 Å². The van der Waals surface area contributed by atoms with Gasteiger partial charge in [0.1, 0.15) is 0 Å². The van der Waals surface area contributed by atoms with Gasteiger partial charge in [-0.2, -0.15) is 0 Å². The molecular formula is C16H9I. The first kappa shape index (κ1) is 9.58. The maximum atomic E-state index is 3.43. The lowest BCUT2D eigenvalue weighted by Crippen LogP contribution is -2.02. The Balaban J connectivity index is 2.46. The second kappa shape index (κ2) is 3.52. The van der Waals surface area contributed by atoms with Crippen LogP contribution in [0.15, 0.2) is 42.5 Å². The zero-order valence-corrected chi connectivity index (χ0v) is 11.2. The van der Waals surface area contributed by atoms with Crippen LogP contribution in [0.5, 0.6) is 0 Å². The summed E-state index contributed by atoms with van der Waals surface area (Å²) >= 11 is -0.0538. The molecule has 0 bridgehead atoms. The molecule has 0 nitrogen and oxygen atoms in total. The van der Waals surface area contributed by atoms with E-state index in [0.29, 0.717) is 0 Å². The van der Waals surface area contributed by atoms with E-state index in [1.165, 1.54) is 32.3 Å². The largest absolute Gasteiger partial charge is 0.0818 e. The summed E-state index contributed by atoms with van der Waals surface area (Å²) in [7, 11) is 0. The van der Waals surface area contributed by atoms with E-state index in [0.717, 1.165) is 0 Å². The van der Waals surface area contributed by atoms with Gasteiger partial charge >= 0.3 is 0 Å². The highest BCUT2D eigenvalue weighted by atomic mass is 127. The molecule has 0 fully saturated rings. The van der Waals surface area contributed by atoms with Gasteiger partial charge in [-0.05, 0) is 63.2 Å². The second-order valence-corrected chi connectivity index (χ2v) is 6.10. The first-order chi connectivity index (χ1) is 8.43. The fraction of sp³-hybridized carbons (Fsp3) is 0. The van der Waals surface area contributed by atoms with E-state index in [2.05, 4.69) is 56.3 Å². The standard InChI is InChI=1S/C16H9I/c1-2-11-4-5-13-8-9-17-10-14-7-6-12(3-1)15(11)16(13)14/h1-8,10H. The van der Waals surface area contributed by atoms with Crippen molar-refractivity contribution in [1.29, 1.82) is 0 Å².